The van der Waals surface area contributed by atoms with Crippen LogP contribution < -0.4 is 10.1 Å². The number of aromatic nitrogens is 2. The molecule has 3 unspecified atom stereocenters. The molecule has 0 amide bonds. The summed E-state index contributed by atoms with van der Waals surface area (Å²) < 4.78 is 5.35. The summed E-state index contributed by atoms with van der Waals surface area (Å²) in [6.45, 7) is 5.40. The van der Waals surface area contributed by atoms with E-state index in [9.17, 15) is 0 Å². The fourth-order valence-electron chi connectivity index (χ4n) is 2.97. The molecule has 1 N–H and O–H groups in total. The smallest absolute Gasteiger partial charge is 0.237 e. The molecular formula is C14H23N3O. The van der Waals surface area contributed by atoms with E-state index < -0.39 is 0 Å². The average Bonchev–Trinajstić information content (AvgIpc) is 2.82. The average molecular weight is 249 g/mol. The first-order valence-corrected chi connectivity index (χ1v) is 6.84. The van der Waals surface area contributed by atoms with E-state index in [4.69, 9.17) is 4.74 Å². The van der Waals surface area contributed by atoms with Gasteiger partial charge in [0, 0.05) is 12.4 Å². The van der Waals surface area contributed by atoms with Crippen LogP contribution in [-0.2, 0) is 0 Å². The fourth-order valence-corrected chi connectivity index (χ4v) is 2.97. The highest BCUT2D eigenvalue weighted by Crippen LogP contribution is 2.39. The number of nitrogens with zero attached hydrogens (tertiary/aromatic N) is 2. The minimum Gasteiger partial charge on any atom is -0.480 e. The zero-order valence-electron chi connectivity index (χ0n) is 11.5. The summed E-state index contributed by atoms with van der Waals surface area (Å²) in [6.07, 6.45) is 7.27. The largest absolute Gasteiger partial charge is 0.480 e. The maximum atomic E-state index is 5.35. The summed E-state index contributed by atoms with van der Waals surface area (Å²) >= 11 is 0. The summed E-state index contributed by atoms with van der Waals surface area (Å²) in [5, 5.41) is 3.55. The van der Waals surface area contributed by atoms with E-state index >= 15 is 0 Å². The van der Waals surface area contributed by atoms with Gasteiger partial charge in [-0.15, -0.1) is 0 Å². The van der Waals surface area contributed by atoms with E-state index in [1.165, 1.54) is 19.3 Å². The van der Waals surface area contributed by atoms with Crippen LogP contribution in [0.15, 0.2) is 12.4 Å². The van der Waals surface area contributed by atoms with Crippen LogP contribution in [0.3, 0.4) is 0 Å². The van der Waals surface area contributed by atoms with Gasteiger partial charge in [-0.2, -0.15) is 0 Å². The molecule has 0 saturated heterocycles. The lowest BCUT2D eigenvalue weighted by molar-refractivity contribution is 0.328. The Kier molecular flexibility index (Phi) is 4.53. The van der Waals surface area contributed by atoms with Gasteiger partial charge in [0.25, 0.3) is 0 Å². The number of rotatable bonds is 5. The van der Waals surface area contributed by atoms with E-state index in [0.29, 0.717) is 11.8 Å². The number of methoxy groups -OCH3 is 1. The lowest BCUT2D eigenvalue weighted by Gasteiger charge is -2.24. The Bertz CT molecular complexity index is 383. The first kappa shape index (κ1) is 13.3. The van der Waals surface area contributed by atoms with Crippen molar-refractivity contribution in [1.29, 1.82) is 0 Å². The van der Waals surface area contributed by atoms with Crippen LogP contribution in [0.1, 0.15) is 44.8 Å². The predicted octanol–water partition coefficient (Wildman–Crippen LogP) is 2.57. The van der Waals surface area contributed by atoms with Crippen molar-refractivity contribution in [2.75, 3.05) is 13.7 Å². The van der Waals surface area contributed by atoms with Gasteiger partial charge < -0.3 is 10.1 Å². The number of hydrogen-bond acceptors (Lipinski definition) is 4. The quantitative estimate of drug-likeness (QED) is 0.871. The van der Waals surface area contributed by atoms with Crippen molar-refractivity contribution in [1.82, 2.24) is 15.3 Å². The molecule has 1 aromatic rings. The van der Waals surface area contributed by atoms with Crippen LogP contribution in [0.5, 0.6) is 5.88 Å². The highest BCUT2D eigenvalue weighted by atomic mass is 16.5. The van der Waals surface area contributed by atoms with E-state index in [2.05, 4.69) is 29.1 Å². The molecule has 0 radical (unpaired) electrons. The lowest BCUT2D eigenvalue weighted by atomic mass is 9.94. The SMILES string of the molecule is CCNC(c1nccnc1OC)C1CCC(C)C1. The van der Waals surface area contributed by atoms with Gasteiger partial charge in [0.15, 0.2) is 0 Å². The van der Waals surface area contributed by atoms with Crippen molar-refractivity contribution in [3.05, 3.63) is 18.1 Å². The second-order valence-corrected chi connectivity index (χ2v) is 5.16. The van der Waals surface area contributed by atoms with Crippen molar-refractivity contribution >= 4 is 0 Å². The fraction of sp³-hybridized carbons (Fsp3) is 0.714. The molecular weight excluding hydrogens is 226 g/mol. The molecule has 4 nitrogen and oxygen atoms in total. The number of hydrogen-bond donors (Lipinski definition) is 1. The van der Waals surface area contributed by atoms with Crippen LogP contribution in [0.25, 0.3) is 0 Å². The summed E-state index contributed by atoms with van der Waals surface area (Å²) in [6, 6.07) is 0.267. The molecule has 3 atom stereocenters. The van der Waals surface area contributed by atoms with Gasteiger partial charge in [-0.1, -0.05) is 20.3 Å². The van der Waals surface area contributed by atoms with Gasteiger partial charge in [0.2, 0.25) is 5.88 Å². The van der Waals surface area contributed by atoms with Gasteiger partial charge >= 0.3 is 0 Å². The molecule has 1 fully saturated rings. The Balaban J connectivity index is 2.23. The Morgan fingerprint density at radius 3 is 2.78 bits per heavy atom. The topological polar surface area (TPSA) is 47.0 Å². The Morgan fingerprint density at radius 1 is 1.39 bits per heavy atom. The Labute approximate surface area is 109 Å². The van der Waals surface area contributed by atoms with Crippen LogP contribution in [0.4, 0.5) is 0 Å². The summed E-state index contributed by atoms with van der Waals surface area (Å²) in [7, 11) is 1.66. The van der Waals surface area contributed by atoms with Crippen molar-refractivity contribution in [2.45, 2.75) is 39.2 Å². The summed E-state index contributed by atoms with van der Waals surface area (Å²) in [4.78, 5) is 8.75. The van der Waals surface area contributed by atoms with E-state index in [1.807, 2.05) is 0 Å². The Morgan fingerprint density at radius 2 is 2.17 bits per heavy atom. The van der Waals surface area contributed by atoms with Crippen molar-refractivity contribution < 1.29 is 4.74 Å². The van der Waals surface area contributed by atoms with Gasteiger partial charge in [-0.3, -0.25) is 4.98 Å². The number of nitrogens with one attached hydrogen (secondary N) is 1. The molecule has 1 aromatic heterocycles. The normalized spacial score (nSPS) is 25.1. The van der Waals surface area contributed by atoms with Crippen molar-refractivity contribution in [2.24, 2.45) is 11.8 Å². The Hall–Kier alpha value is -1.16. The lowest BCUT2D eigenvalue weighted by Crippen LogP contribution is -2.28. The molecule has 0 bridgehead atoms. The first-order chi connectivity index (χ1) is 8.76. The molecule has 0 spiro atoms. The first-order valence-electron chi connectivity index (χ1n) is 6.84. The molecule has 18 heavy (non-hydrogen) atoms. The third-order valence-electron chi connectivity index (χ3n) is 3.81. The van der Waals surface area contributed by atoms with Gasteiger partial charge in [0.05, 0.1) is 13.2 Å². The maximum absolute atomic E-state index is 5.35. The minimum atomic E-state index is 0.267. The molecule has 100 valence electrons. The minimum absolute atomic E-state index is 0.267. The van der Waals surface area contributed by atoms with Crippen molar-refractivity contribution in [3.63, 3.8) is 0 Å². The standard InChI is InChI=1S/C14H23N3O/c1-4-15-12(11-6-5-10(2)9-11)13-14(18-3)17-8-7-16-13/h7-8,10-12,15H,4-6,9H2,1-3H3. The second-order valence-electron chi connectivity index (χ2n) is 5.16. The molecule has 1 aliphatic rings. The van der Waals surface area contributed by atoms with Crippen LogP contribution >= 0.6 is 0 Å². The highest BCUT2D eigenvalue weighted by Gasteiger charge is 2.32. The van der Waals surface area contributed by atoms with E-state index in [-0.39, 0.29) is 6.04 Å². The second kappa shape index (κ2) is 6.14. The summed E-state index contributed by atoms with van der Waals surface area (Å²) in [5.74, 6) is 2.12. The van der Waals surface area contributed by atoms with E-state index in [1.54, 1.807) is 19.5 Å². The van der Waals surface area contributed by atoms with Crippen molar-refractivity contribution in [3.8, 4) is 5.88 Å². The third-order valence-corrected chi connectivity index (χ3v) is 3.81. The van der Waals surface area contributed by atoms with Crippen LogP contribution in [0.2, 0.25) is 0 Å². The molecule has 0 aliphatic heterocycles. The molecule has 1 heterocycles. The van der Waals surface area contributed by atoms with E-state index in [0.717, 1.165) is 18.2 Å². The zero-order chi connectivity index (χ0) is 13.0. The summed E-state index contributed by atoms with van der Waals surface area (Å²) in [5.41, 5.74) is 0.959. The predicted molar refractivity (Wildman–Crippen MR) is 71.5 cm³/mol. The molecule has 4 heteroatoms. The molecule has 1 aliphatic carbocycles. The molecule has 0 aromatic carbocycles. The third kappa shape index (κ3) is 2.80. The number of ether oxygens (including phenoxy) is 1. The van der Waals surface area contributed by atoms with Gasteiger partial charge in [0.1, 0.15) is 5.69 Å². The monoisotopic (exact) mass is 249 g/mol. The zero-order valence-corrected chi connectivity index (χ0v) is 11.5. The highest BCUT2D eigenvalue weighted by molar-refractivity contribution is 5.22. The van der Waals surface area contributed by atoms with Crippen LogP contribution in [-0.4, -0.2) is 23.6 Å². The van der Waals surface area contributed by atoms with Crippen LogP contribution in [0, 0.1) is 11.8 Å². The van der Waals surface area contributed by atoms with Gasteiger partial charge in [-0.25, -0.2) is 4.98 Å². The molecule has 2 rings (SSSR count). The molecule has 1 saturated carbocycles. The maximum Gasteiger partial charge on any atom is 0.237 e. The van der Waals surface area contributed by atoms with Gasteiger partial charge in [-0.05, 0) is 31.2 Å².